The summed E-state index contributed by atoms with van der Waals surface area (Å²) in [4.78, 5) is 25.3. The summed E-state index contributed by atoms with van der Waals surface area (Å²) in [5.74, 6) is -2.68. The number of dihydropyridines is 1. The monoisotopic (exact) mass is 181 g/mol. The zero-order chi connectivity index (χ0) is 10.0. The topological polar surface area (TPSA) is 66.7 Å². The Morgan fingerprint density at radius 2 is 2.23 bits per heavy atom. The molecule has 0 radical (unpaired) electrons. The number of amides is 1. The van der Waals surface area contributed by atoms with Gasteiger partial charge in [-0.05, 0) is 12.0 Å². The Kier molecular flexibility index (Phi) is 2.60. The van der Waals surface area contributed by atoms with Crippen molar-refractivity contribution in [2.75, 3.05) is 0 Å². The molecule has 1 unspecified atom stereocenters. The third-order valence-corrected chi connectivity index (χ3v) is 1.82. The fourth-order valence-electron chi connectivity index (χ4n) is 1.02. The van der Waals surface area contributed by atoms with Gasteiger partial charge in [-0.15, -0.1) is 0 Å². The van der Waals surface area contributed by atoms with Gasteiger partial charge in [0.2, 0.25) is 0 Å². The summed E-state index contributed by atoms with van der Waals surface area (Å²) in [6.07, 6.45) is 2.98. The first-order chi connectivity index (χ1) is 6.02. The number of carbonyl (C=O) groups is 2. The molecule has 0 saturated heterocycles. The third kappa shape index (κ3) is 2.02. The lowest BCUT2D eigenvalue weighted by molar-refractivity contribution is -0.143. The van der Waals surface area contributed by atoms with Crippen LogP contribution in [0.5, 0.6) is 0 Å². The fourth-order valence-corrected chi connectivity index (χ4v) is 1.02. The van der Waals surface area contributed by atoms with Crippen LogP contribution < -0.4 is 0 Å². The standard InChI is InChI=1S/C9H11NO3/c1-5(2)7-4-3-6(9(12)13)8(11)10-7/h3-6H,1-2H3,(H,12,13). The van der Waals surface area contributed by atoms with Crippen molar-refractivity contribution in [3.8, 4) is 0 Å². The van der Waals surface area contributed by atoms with Gasteiger partial charge in [-0.3, -0.25) is 9.59 Å². The van der Waals surface area contributed by atoms with Crippen molar-refractivity contribution in [2.24, 2.45) is 16.8 Å². The van der Waals surface area contributed by atoms with Gasteiger partial charge in [0.15, 0.2) is 5.92 Å². The van der Waals surface area contributed by atoms with Gasteiger partial charge in [0.25, 0.3) is 5.91 Å². The molecule has 1 aliphatic rings. The van der Waals surface area contributed by atoms with E-state index in [-0.39, 0.29) is 5.92 Å². The zero-order valence-corrected chi connectivity index (χ0v) is 7.52. The lowest BCUT2D eigenvalue weighted by atomic mass is 10.00. The Balaban J connectivity index is 2.85. The van der Waals surface area contributed by atoms with Crippen molar-refractivity contribution in [3.63, 3.8) is 0 Å². The maximum Gasteiger partial charge on any atom is 0.320 e. The second-order valence-electron chi connectivity index (χ2n) is 3.20. The molecule has 0 bridgehead atoms. The Bertz CT molecular complexity index is 302. The van der Waals surface area contributed by atoms with Crippen molar-refractivity contribution < 1.29 is 14.7 Å². The number of aliphatic imine (C=N–C) groups is 1. The first kappa shape index (κ1) is 9.64. The van der Waals surface area contributed by atoms with Gasteiger partial charge < -0.3 is 5.11 Å². The fraction of sp³-hybridized carbons (Fsp3) is 0.444. The van der Waals surface area contributed by atoms with E-state index in [1.165, 1.54) is 6.08 Å². The number of allylic oxidation sites excluding steroid dienone is 1. The number of carbonyl (C=O) groups excluding carboxylic acids is 1. The van der Waals surface area contributed by atoms with E-state index in [1.54, 1.807) is 6.08 Å². The molecule has 0 spiro atoms. The molecule has 0 aliphatic carbocycles. The molecule has 1 rings (SSSR count). The average Bonchev–Trinajstić information content (AvgIpc) is 2.03. The summed E-state index contributed by atoms with van der Waals surface area (Å²) in [6, 6.07) is 0. The van der Waals surface area contributed by atoms with Crippen LogP contribution in [0.25, 0.3) is 0 Å². The first-order valence-corrected chi connectivity index (χ1v) is 4.06. The maximum atomic E-state index is 11.1. The van der Waals surface area contributed by atoms with Gasteiger partial charge in [-0.25, -0.2) is 4.99 Å². The lowest BCUT2D eigenvalue weighted by Crippen LogP contribution is -2.25. The number of carboxylic acids is 1. The van der Waals surface area contributed by atoms with Crippen LogP contribution in [0.3, 0.4) is 0 Å². The summed E-state index contributed by atoms with van der Waals surface area (Å²) in [5.41, 5.74) is 0.641. The van der Waals surface area contributed by atoms with Gasteiger partial charge in [0.1, 0.15) is 0 Å². The van der Waals surface area contributed by atoms with Gasteiger partial charge >= 0.3 is 5.97 Å². The molecule has 1 aliphatic heterocycles. The summed E-state index contributed by atoms with van der Waals surface area (Å²) >= 11 is 0. The van der Waals surface area contributed by atoms with Crippen LogP contribution in [0, 0.1) is 11.8 Å². The van der Waals surface area contributed by atoms with Crippen LogP contribution in [-0.4, -0.2) is 22.7 Å². The van der Waals surface area contributed by atoms with Crippen LogP contribution in [0.2, 0.25) is 0 Å². The van der Waals surface area contributed by atoms with Crippen molar-refractivity contribution in [2.45, 2.75) is 13.8 Å². The van der Waals surface area contributed by atoms with Crippen LogP contribution >= 0.6 is 0 Å². The molecular weight excluding hydrogens is 170 g/mol. The highest BCUT2D eigenvalue weighted by atomic mass is 16.4. The summed E-state index contributed by atoms with van der Waals surface area (Å²) in [5, 5.41) is 8.59. The molecule has 0 aromatic carbocycles. The summed E-state index contributed by atoms with van der Waals surface area (Å²) in [7, 11) is 0. The Morgan fingerprint density at radius 1 is 1.62 bits per heavy atom. The molecule has 70 valence electrons. The molecule has 0 fully saturated rings. The van der Waals surface area contributed by atoms with E-state index < -0.39 is 17.8 Å². The van der Waals surface area contributed by atoms with Crippen LogP contribution in [0.15, 0.2) is 17.1 Å². The predicted octanol–water partition coefficient (Wildman–Crippen LogP) is 0.881. The number of hydrogen-bond acceptors (Lipinski definition) is 2. The van der Waals surface area contributed by atoms with Crippen molar-refractivity contribution in [1.29, 1.82) is 0 Å². The normalized spacial score (nSPS) is 21.9. The average molecular weight is 181 g/mol. The van der Waals surface area contributed by atoms with Crippen LogP contribution in [0.4, 0.5) is 0 Å². The maximum absolute atomic E-state index is 11.1. The van der Waals surface area contributed by atoms with E-state index >= 15 is 0 Å². The number of rotatable bonds is 2. The zero-order valence-electron chi connectivity index (χ0n) is 7.52. The summed E-state index contributed by atoms with van der Waals surface area (Å²) in [6.45, 7) is 3.80. The Morgan fingerprint density at radius 3 is 2.62 bits per heavy atom. The number of carboxylic acid groups (broad SMARTS) is 1. The molecule has 4 nitrogen and oxygen atoms in total. The smallest absolute Gasteiger partial charge is 0.320 e. The Hall–Kier alpha value is -1.45. The second kappa shape index (κ2) is 3.51. The van der Waals surface area contributed by atoms with Gasteiger partial charge in [0.05, 0.1) is 0 Å². The highest BCUT2D eigenvalue weighted by Gasteiger charge is 2.26. The number of aliphatic carboxylic acids is 1. The van der Waals surface area contributed by atoms with E-state index in [0.717, 1.165) is 0 Å². The van der Waals surface area contributed by atoms with Crippen molar-refractivity contribution in [3.05, 3.63) is 12.2 Å². The van der Waals surface area contributed by atoms with E-state index in [1.807, 2.05) is 13.8 Å². The number of nitrogens with zero attached hydrogens (tertiary/aromatic N) is 1. The van der Waals surface area contributed by atoms with Gasteiger partial charge in [-0.2, -0.15) is 0 Å². The minimum atomic E-state index is -1.15. The molecule has 13 heavy (non-hydrogen) atoms. The lowest BCUT2D eigenvalue weighted by Gasteiger charge is -2.12. The second-order valence-corrected chi connectivity index (χ2v) is 3.20. The molecule has 1 amide bonds. The molecule has 1 heterocycles. The van der Waals surface area contributed by atoms with Gasteiger partial charge in [-0.1, -0.05) is 19.9 Å². The van der Waals surface area contributed by atoms with Crippen LogP contribution in [-0.2, 0) is 9.59 Å². The molecule has 1 N–H and O–H groups in total. The van der Waals surface area contributed by atoms with Crippen LogP contribution in [0.1, 0.15) is 13.8 Å². The van der Waals surface area contributed by atoms with E-state index in [9.17, 15) is 9.59 Å². The minimum absolute atomic E-state index is 0.148. The minimum Gasteiger partial charge on any atom is -0.480 e. The largest absolute Gasteiger partial charge is 0.480 e. The molecule has 1 atom stereocenters. The van der Waals surface area contributed by atoms with Crippen molar-refractivity contribution >= 4 is 17.6 Å². The molecule has 0 aromatic heterocycles. The third-order valence-electron chi connectivity index (χ3n) is 1.82. The predicted molar refractivity (Wildman–Crippen MR) is 47.5 cm³/mol. The molecule has 0 saturated carbocycles. The molecular formula is C9H11NO3. The molecule has 0 aromatic rings. The highest BCUT2D eigenvalue weighted by molar-refractivity contribution is 6.12. The quantitative estimate of drug-likeness (QED) is 0.643. The van der Waals surface area contributed by atoms with E-state index in [0.29, 0.717) is 5.71 Å². The molecule has 4 heteroatoms. The highest BCUT2D eigenvalue weighted by Crippen LogP contribution is 2.12. The summed E-state index contributed by atoms with van der Waals surface area (Å²) < 4.78 is 0. The number of hydrogen-bond donors (Lipinski definition) is 1. The van der Waals surface area contributed by atoms with E-state index in [4.69, 9.17) is 5.11 Å². The van der Waals surface area contributed by atoms with Gasteiger partial charge in [0, 0.05) is 5.71 Å². The Labute approximate surface area is 76.0 Å². The first-order valence-electron chi connectivity index (χ1n) is 4.06. The SMILES string of the molecule is CC(C)C1=NC(=O)C(C(=O)O)C=C1. The van der Waals surface area contributed by atoms with Crippen molar-refractivity contribution in [1.82, 2.24) is 0 Å². The van der Waals surface area contributed by atoms with E-state index in [2.05, 4.69) is 4.99 Å².